The topological polar surface area (TPSA) is 79.1 Å². The minimum Gasteiger partial charge on any atom is -0.477 e. The van der Waals surface area contributed by atoms with Crippen molar-refractivity contribution < 1.29 is 14.3 Å². The number of H-pyrrole nitrogens is 1. The molecule has 4 rings (SSSR count). The van der Waals surface area contributed by atoms with Crippen LogP contribution >= 0.6 is 35.0 Å². The molecule has 140 valence electrons. The maximum atomic E-state index is 11.7. The highest BCUT2D eigenvalue weighted by Gasteiger charge is 2.15. The highest BCUT2D eigenvalue weighted by Crippen LogP contribution is 2.33. The van der Waals surface area contributed by atoms with Gasteiger partial charge in [0.05, 0.1) is 16.1 Å². The van der Waals surface area contributed by atoms with Crippen molar-refractivity contribution in [2.75, 3.05) is 0 Å². The van der Waals surface area contributed by atoms with Crippen molar-refractivity contribution >= 4 is 58.0 Å². The number of para-hydroxylation sites is 2. The third-order valence-corrected chi connectivity index (χ3v) is 5.33. The number of nitrogens with zero attached hydrogens (tertiary/aromatic N) is 1. The molecule has 0 bridgehead atoms. The third kappa shape index (κ3) is 3.94. The van der Waals surface area contributed by atoms with Gasteiger partial charge in [0.25, 0.3) is 0 Å². The molecule has 0 spiro atoms. The molecule has 0 radical (unpaired) electrons. The van der Waals surface area contributed by atoms with Crippen LogP contribution in [0.1, 0.15) is 5.76 Å². The Bertz CT molecular complexity index is 1180. The zero-order valence-electron chi connectivity index (χ0n) is 14.1. The van der Waals surface area contributed by atoms with Crippen molar-refractivity contribution in [1.82, 2.24) is 9.97 Å². The molecule has 0 amide bonds. The average Bonchev–Trinajstić information content (AvgIpc) is 3.27. The Morgan fingerprint density at radius 3 is 2.71 bits per heavy atom. The molecule has 0 aliphatic heterocycles. The van der Waals surface area contributed by atoms with Crippen LogP contribution in [0.4, 0.5) is 0 Å². The summed E-state index contributed by atoms with van der Waals surface area (Å²) in [5.41, 5.74) is 2.28. The predicted molar refractivity (Wildman–Crippen MR) is 112 cm³/mol. The van der Waals surface area contributed by atoms with Gasteiger partial charge in [-0.2, -0.15) is 0 Å². The first-order valence-electron chi connectivity index (χ1n) is 8.12. The Morgan fingerprint density at radius 1 is 1.14 bits per heavy atom. The molecule has 0 fully saturated rings. The molecule has 2 aromatic heterocycles. The van der Waals surface area contributed by atoms with Gasteiger partial charge in [0.2, 0.25) is 0 Å². The smallest absolute Gasteiger partial charge is 0.342 e. The van der Waals surface area contributed by atoms with Gasteiger partial charge in [-0.15, -0.1) is 0 Å². The number of furan rings is 1. The molecule has 2 heterocycles. The Labute approximate surface area is 174 Å². The SMILES string of the molecule is O=C(O)/C(=C/c1ccc(-c2ccc(Cl)cc2Cl)o1)Sc1nc2ccccc2[nH]1. The summed E-state index contributed by atoms with van der Waals surface area (Å²) in [6.45, 7) is 0. The lowest BCUT2D eigenvalue weighted by Gasteiger charge is -2.01. The molecule has 5 nitrogen and oxygen atoms in total. The fraction of sp³-hybridized carbons (Fsp3) is 0. The normalized spacial score (nSPS) is 11.9. The van der Waals surface area contributed by atoms with Crippen LogP contribution in [0.15, 0.2) is 69.1 Å². The lowest BCUT2D eigenvalue weighted by atomic mass is 10.2. The first kappa shape index (κ1) is 18.7. The number of aliphatic carboxylic acids is 1. The van der Waals surface area contributed by atoms with Crippen molar-refractivity contribution in [3.63, 3.8) is 0 Å². The number of thioether (sulfide) groups is 1. The van der Waals surface area contributed by atoms with Gasteiger partial charge in [0.15, 0.2) is 5.16 Å². The van der Waals surface area contributed by atoms with Crippen molar-refractivity contribution in [1.29, 1.82) is 0 Å². The summed E-state index contributed by atoms with van der Waals surface area (Å²) in [5.74, 6) is -0.165. The van der Waals surface area contributed by atoms with Gasteiger partial charge in [0, 0.05) is 16.7 Å². The molecule has 0 atom stereocenters. The Hall–Kier alpha value is -2.67. The van der Waals surface area contributed by atoms with Gasteiger partial charge < -0.3 is 14.5 Å². The Kier molecular flexibility index (Phi) is 5.17. The largest absolute Gasteiger partial charge is 0.477 e. The molecule has 2 aromatic carbocycles. The van der Waals surface area contributed by atoms with Crippen LogP contribution in [-0.2, 0) is 4.79 Å². The van der Waals surface area contributed by atoms with Crippen molar-refractivity contribution in [2.24, 2.45) is 0 Å². The molecule has 0 aliphatic carbocycles. The molecular formula is C20H12Cl2N2O3S. The van der Waals surface area contributed by atoms with E-state index in [0.29, 0.717) is 32.3 Å². The second-order valence-corrected chi connectivity index (χ2v) is 7.68. The van der Waals surface area contributed by atoms with E-state index in [-0.39, 0.29) is 4.91 Å². The molecule has 0 unspecified atom stereocenters. The van der Waals surface area contributed by atoms with Crippen LogP contribution < -0.4 is 0 Å². The summed E-state index contributed by atoms with van der Waals surface area (Å²) in [7, 11) is 0. The minimum absolute atomic E-state index is 0.0714. The summed E-state index contributed by atoms with van der Waals surface area (Å²) < 4.78 is 5.76. The zero-order chi connectivity index (χ0) is 19.7. The maximum absolute atomic E-state index is 11.7. The average molecular weight is 431 g/mol. The van der Waals surface area contributed by atoms with Crippen LogP contribution in [0, 0.1) is 0 Å². The lowest BCUT2D eigenvalue weighted by molar-refractivity contribution is -0.131. The maximum Gasteiger partial charge on any atom is 0.342 e. The number of imidazole rings is 1. The van der Waals surface area contributed by atoms with Gasteiger partial charge in [-0.25, -0.2) is 9.78 Å². The summed E-state index contributed by atoms with van der Waals surface area (Å²) in [6.07, 6.45) is 1.45. The zero-order valence-corrected chi connectivity index (χ0v) is 16.5. The third-order valence-electron chi connectivity index (χ3n) is 3.88. The number of halogens is 2. The van der Waals surface area contributed by atoms with Crippen LogP contribution in [-0.4, -0.2) is 21.0 Å². The quantitative estimate of drug-likeness (QED) is 0.284. The molecule has 0 saturated heterocycles. The minimum atomic E-state index is -1.08. The number of fused-ring (bicyclic) bond motifs is 1. The summed E-state index contributed by atoms with van der Waals surface area (Å²) in [6, 6.07) is 16.0. The number of carboxylic acid groups (broad SMARTS) is 1. The summed E-state index contributed by atoms with van der Waals surface area (Å²) >= 11 is 13.1. The predicted octanol–water partition coefficient (Wildman–Crippen LogP) is 6.35. The fourth-order valence-electron chi connectivity index (χ4n) is 2.61. The number of aromatic nitrogens is 2. The number of hydrogen-bond acceptors (Lipinski definition) is 4. The number of rotatable bonds is 5. The van der Waals surface area contributed by atoms with Crippen LogP contribution in [0.2, 0.25) is 10.0 Å². The standard InChI is InChI=1S/C20H12Cl2N2O3S/c21-11-5-7-13(14(22)9-11)17-8-6-12(27-17)10-18(19(25)26)28-20-23-15-3-1-2-4-16(15)24-20/h1-10H,(H,23,24)(H,25,26)/b18-10-. The fourth-order valence-corrected chi connectivity index (χ4v) is 3.89. The Morgan fingerprint density at radius 2 is 1.96 bits per heavy atom. The second kappa shape index (κ2) is 7.75. The van der Waals surface area contributed by atoms with Crippen LogP contribution in [0.25, 0.3) is 28.4 Å². The first-order valence-corrected chi connectivity index (χ1v) is 9.70. The van der Waals surface area contributed by atoms with Gasteiger partial charge in [0.1, 0.15) is 16.4 Å². The van der Waals surface area contributed by atoms with E-state index < -0.39 is 5.97 Å². The molecule has 8 heteroatoms. The van der Waals surface area contributed by atoms with Gasteiger partial charge in [-0.1, -0.05) is 35.3 Å². The van der Waals surface area contributed by atoms with Gasteiger partial charge in [-0.05, 0) is 54.2 Å². The lowest BCUT2D eigenvalue weighted by Crippen LogP contribution is -1.96. The first-order chi connectivity index (χ1) is 13.5. The molecule has 2 N–H and O–H groups in total. The van der Waals surface area contributed by atoms with E-state index >= 15 is 0 Å². The molecule has 28 heavy (non-hydrogen) atoms. The van der Waals surface area contributed by atoms with Gasteiger partial charge in [-0.3, -0.25) is 0 Å². The number of benzene rings is 2. The summed E-state index contributed by atoms with van der Waals surface area (Å²) in [4.78, 5) is 19.2. The Balaban J connectivity index is 1.63. The van der Waals surface area contributed by atoms with E-state index in [0.717, 1.165) is 22.8 Å². The number of hydrogen-bond donors (Lipinski definition) is 2. The van der Waals surface area contributed by atoms with E-state index in [1.54, 1.807) is 30.3 Å². The number of carbonyl (C=O) groups is 1. The monoisotopic (exact) mass is 430 g/mol. The van der Waals surface area contributed by atoms with E-state index in [4.69, 9.17) is 27.6 Å². The molecule has 0 saturated carbocycles. The molecule has 0 aliphatic rings. The molecule has 4 aromatic rings. The number of nitrogens with one attached hydrogen (secondary N) is 1. The van der Waals surface area contributed by atoms with Gasteiger partial charge >= 0.3 is 5.97 Å². The second-order valence-electron chi connectivity index (χ2n) is 5.80. The van der Waals surface area contributed by atoms with Crippen LogP contribution in [0.3, 0.4) is 0 Å². The van der Waals surface area contributed by atoms with Crippen molar-refractivity contribution in [3.05, 3.63) is 75.3 Å². The number of aromatic amines is 1. The van der Waals surface area contributed by atoms with E-state index in [1.807, 2.05) is 24.3 Å². The summed E-state index contributed by atoms with van der Waals surface area (Å²) in [5, 5.41) is 11.0. The highest BCUT2D eigenvalue weighted by atomic mass is 35.5. The van der Waals surface area contributed by atoms with E-state index in [1.165, 1.54) is 6.08 Å². The van der Waals surface area contributed by atoms with E-state index in [9.17, 15) is 9.90 Å². The highest BCUT2D eigenvalue weighted by molar-refractivity contribution is 8.04. The van der Waals surface area contributed by atoms with E-state index in [2.05, 4.69) is 9.97 Å². The van der Waals surface area contributed by atoms with Crippen molar-refractivity contribution in [3.8, 4) is 11.3 Å². The number of carboxylic acids is 1. The van der Waals surface area contributed by atoms with Crippen molar-refractivity contribution in [2.45, 2.75) is 5.16 Å². The van der Waals surface area contributed by atoms with Crippen LogP contribution in [0.5, 0.6) is 0 Å². The molecular weight excluding hydrogens is 419 g/mol.